The molecule has 0 amide bonds. The van der Waals surface area contributed by atoms with Gasteiger partial charge in [-0.1, -0.05) is 42.5 Å². The molecule has 4 heteroatoms. The average Bonchev–Trinajstić information content (AvgIpc) is 2.25. The quantitative estimate of drug-likeness (QED) is 0.803. The molecule has 3 nitrogen and oxygen atoms in total. The Kier molecular flexibility index (Phi) is 5.11. The number of hydrogen-bond donors (Lipinski definition) is 1. The van der Waals surface area contributed by atoms with Crippen LogP contribution in [0.25, 0.3) is 0 Å². The summed E-state index contributed by atoms with van der Waals surface area (Å²) in [6.45, 7) is 6.96. The van der Waals surface area contributed by atoms with Gasteiger partial charge in [0, 0.05) is 0 Å². The fourth-order valence-electron chi connectivity index (χ4n) is 1.89. The molecule has 0 bridgehead atoms. The average molecular weight is 268 g/mol. The van der Waals surface area contributed by atoms with E-state index in [0.29, 0.717) is 12.0 Å². The second kappa shape index (κ2) is 6.16. The summed E-state index contributed by atoms with van der Waals surface area (Å²) >= 11 is 0. The van der Waals surface area contributed by atoms with E-state index in [2.05, 4.69) is 6.58 Å². The standard InChI is InChI=1S/C14H20O3S/c1-11(2)14(18(16,17)10-12(3)15)9-13-7-5-4-6-8-13/h4-8,12,14-15H,1,9-10H2,2-3H3/t12-,14+/m1/s1. The highest BCUT2D eigenvalue weighted by molar-refractivity contribution is 7.92. The van der Waals surface area contributed by atoms with Crippen molar-refractivity contribution in [2.24, 2.45) is 0 Å². The molecule has 100 valence electrons. The maximum Gasteiger partial charge on any atom is 0.159 e. The minimum absolute atomic E-state index is 0.225. The number of aliphatic hydroxyl groups is 1. The molecule has 0 spiro atoms. The van der Waals surface area contributed by atoms with Crippen molar-refractivity contribution in [3.05, 3.63) is 48.0 Å². The van der Waals surface area contributed by atoms with Crippen LogP contribution in [-0.2, 0) is 16.3 Å². The third kappa shape index (κ3) is 4.27. The number of hydrogen-bond acceptors (Lipinski definition) is 3. The first-order valence-electron chi connectivity index (χ1n) is 5.92. The molecule has 0 saturated heterocycles. The monoisotopic (exact) mass is 268 g/mol. The van der Waals surface area contributed by atoms with Crippen molar-refractivity contribution in [3.8, 4) is 0 Å². The Morgan fingerprint density at radius 2 is 1.89 bits per heavy atom. The van der Waals surface area contributed by atoms with Gasteiger partial charge >= 0.3 is 0 Å². The summed E-state index contributed by atoms with van der Waals surface area (Å²) in [5.41, 5.74) is 1.57. The van der Waals surface area contributed by atoms with Gasteiger partial charge in [0.15, 0.2) is 9.84 Å². The molecule has 0 saturated carbocycles. The lowest BCUT2D eigenvalue weighted by Crippen LogP contribution is -2.31. The predicted octanol–water partition coefficient (Wildman–Crippen LogP) is 1.97. The van der Waals surface area contributed by atoms with E-state index >= 15 is 0 Å². The van der Waals surface area contributed by atoms with E-state index in [9.17, 15) is 13.5 Å². The lowest BCUT2D eigenvalue weighted by atomic mass is 10.1. The highest BCUT2D eigenvalue weighted by Crippen LogP contribution is 2.18. The van der Waals surface area contributed by atoms with Crippen LogP contribution in [-0.4, -0.2) is 30.6 Å². The Morgan fingerprint density at radius 1 is 1.33 bits per heavy atom. The van der Waals surface area contributed by atoms with Crippen molar-refractivity contribution in [3.63, 3.8) is 0 Å². The third-order valence-corrected chi connectivity index (χ3v) is 5.10. The van der Waals surface area contributed by atoms with Crippen LogP contribution in [0.15, 0.2) is 42.5 Å². The molecule has 1 rings (SSSR count). The van der Waals surface area contributed by atoms with Crippen LogP contribution in [0.2, 0.25) is 0 Å². The molecule has 0 aliphatic rings. The van der Waals surface area contributed by atoms with Gasteiger partial charge in [-0.2, -0.15) is 0 Å². The van der Waals surface area contributed by atoms with Gasteiger partial charge in [-0.05, 0) is 25.8 Å². The molecule has 18 heavy (non-hydrogen) atoms. The van der Waals surface area contributed by atoms with Crippen LogP contribution in [0.1, 0.15) is 19.4 Å². The van der Waals surface area contributed by atoms with E-state index in [-0.39, 0.29) is 5.75 Å². The minimum Gasteiger partial charge on any atom is -0.392 e. The van der Waals surface area contributed by atoms with Gasteiger partial charge in [0.2, 0.25) is 0 Å². The van der Waals surface area contributed by atoms with E-state index in [1.54, 1.807) is 6.92 Å². The van der Waals surface area contributed by atoms with E-state index in [0.717, 1.165) is 5.56 Å². The third-order valence-electron chi connectivity index (χ3n) is 2.72. The molecule has 1 N–H and O–H groups in total. The Bertz CT molecular complexity index is 489. The van der Waals surface area contributed by atoms with Gasteiger partial charge in [-0.15, -0.1) is 0 Å². The maximum absolute atomic E-state index is 12.2. The first-order valence-corrected chi connectivity index (χ1v) is 7.63. The molecular weight excluding hydrogens is 248 g/mol. The molecule has 0 fully saturated rings. The molecule has 1 aromatic carbocycles. The summed E-state index contributed by atoms with van der Waals surface area (Å²) in [6.07, 6.45) is -0.446. The summed E-state index contributed by atoms with van der Waals surface area (Å²) in [5.74, 6) is -0.225. The van der Waals surface area contributed by atoms with Gasteiger partial charge < -0.3 is 5.11 Å². The van der Waals surface area contributed by atoms with E-state index in [4.69, 9.17) is 0 Å². The topological polar surface area (TPSA) is 54.4 Å². The Balaban J connectivity index is 2.94. The van der Waals surface area contributed by atoms with Gasteiger partial charge in [-0.25, -0.2) is 8.42 Å². The van der Waals surface area contributed by atoms with Crippen LogP contribution >= 0.6 is 0 Å². The van der Waals surface area contributed by atoms with E-state index in [1.807, 2.05) is 30.3 Å². The maximum atomic E-state index is 12.2. The van der Waals surface area contributed by atoms with Crippen LogP contribution in [0, 0.1) is 0 Å². The number of rotatable bonds is 6. The summed E-state index contributed by atoms with van der Waals surface area (Å²) in [7, 11) is -3.37. The summed E-state index contributed by atoms with van der Waals surface area (Å²) in [5, 5.41) is 8.65. The van der Waals surface area contributed by atoms with Crippen molar-refractivity contribution >= 4 is 9.84 Å². The number of aliphatic hydroxyl groups excluding tert-OH is 1. The predicted molar refractivity (Wildman–Crippen MR) is 74.2 cm³/mol. The van der Waals surface area contributed by atoms with Crippen LogP contribution < -0.4 is 0 Å². The SMILES string of the molecule is C=C(C)[C@H](Cc1ccccc1)S(=O)(=O)C[C@@H](C)O. The molecule has 0 unspecified atom stereocenters. The van der Waals surface area contributed by atoms with Gasteiger partial charge in [0.1, 0.15) is 0 Å². The lowest BCUT2D eigenvalue weighted by molar-refractivity contribution is 0.218. The lowest BCUT2D eigenvalue weighted by Gasteiger charge is -2.19. The zero-order chi connectivity index (χ0) is 13.8. The Hall–Kier alpha value is -1.13. The van der Waals surface area contributed by atoms with Crippen molar-refractivity contribution in [2.45, 2.75) is 31.6 Å². The van der Waals surface area contributed by atoms with Crippen LogP contribution in [0.5, 0.6) is 0 Å². The van der Waals surface area contributed by atoms with Crippen LogP contribution in [0.4, 0.5) is 0 Å². The molecule has 0 aromatic heterocycles. The van der Waals surface area contributed by atoms with Gasteiger partial charge in [-0.3, -0.25) is 0 Å². The molecule has 0 radical (unpaired) electrons. The fourth-order valence-corrected chi connectivity index (χ4v) is 3.85. The van der Waals surface area contributed by atoms with Crippen LogP contribution in [0.3, 0.4) is 0 Å². The first-order chi connectivity index (χ1) is 8.33. The summed E-state index contributed by atoms with van der Waals surface area (Å²) in [4.78, 5) is 0. The molecule has 1 aromatic rings. The van der Waals surface area contributed by atoms with Gasteiger partial charge in [0.05, 0.1) is 17.1 Å². The second-order valence-electron chi connectivity index (χ2n) is 4.70. The van der Waals surface area contributed by atoms with Crippen molar-refractivity contribution in [1.29, 1.82) is 0 Å². The van der Waals surface area contributed by atoms with Crippen molar-refractivity contribution in [2.75, 3.05) is 5.75 Å². The van der Waals surface area contributed by atoms with Crippen molar-refractivity contribution < 1.29 is 13.5 Å². The smallest absolute Gasteiger partial charge is 0.159 e. The zero-order valence-electron chi connectivity index (χ0n) is 10.8. The van der Waals surface area contributed by atoms with Crippen molar-refractivity contribution in [1.82, 2.24) is 0 Å². The first kappa shape index (κ1) is 14.9. The summed E-state index contributed by atoms with van der Waals surface area (Å²) < 4.78 is 24.3. The number of benzene rings is 1. The fraction of sp³-hybridized carbons (Fsp3) is 0.429. The molecule has 0 aliphatic heterocycles. The minimum atomic E-state index is -3.37. The highest BCUT2D eigenvalue weighted by Gasteiger charge is 2.27. The normalized spacial score (nSPS) is 15.1. The van der Waals surface area contributed by atoms with Gasteiger partial charge in [0.25, 0.3) is 0 Å². The van der Waals surface area contributed by atoms with E-state index in [1.165, 1.54) is 6.92 Å². The van der Waals surface area contributed by atoms with E-state index < -0.39 is 21.2 Å². The molecule has 0 aliphatic carbocycles. The summed E-state index contributed by atoms with van der Waals surface area (Å²) in [6, 6.07) is 9.45. The molecular formula is C14H20O3S. The second-order valence-corrected chi connectivity index (χ2v) is 6.93. The Morgan fingerprint density at radius 3 is 2.33 bits per heavy atom. The zero-order valence-corrected chi connectivity index (χ0v) is 11.7. The highest BCUT2D eigenvalue weighted by atomic mass is 32.2. The molecule has 2 atom stereocenters. The largest absolute Gasteiger partial charge is 0.392 e. The molecule has 0 heterocycles. The number of sulfone groups is 1. The Labute approximate surface area is 109 Å².